The number of nitrogens with zero attached hydrogens (tertiary/aromatic N) is 2. The zero-order valence-corrected chi connectivity index (χ0v) is 10.3. The summed E-state index contributed by atoms with van der Waals surface area (Å²) in [6.45, 7) is 2.82. The number of halogens is 1. The molecule has 1 aromatic rings. The molecule has 1 saturated heterocycles. The molecule has 1 aliphatic rings. The maximum absolute atomic E-state index is 13.9. The molecule has 0 radical (unpaired) electrons. The first-order valence-electron chi connectivity index (χ1n) is 6.09. The highest BCUT2D eigenvalue weighted by Gasteiger charge is 2.25. The summed E-state index contributed by atoms with van der Waals surface area (Å²) in [7, 11) is 0. The summed E-state index contributed by atoms with van der Waals surface area (Å²) >= 11 is 0. The SMILES string of the molecule is CC1CCCN(Cc2cccc(C#N)c2F)C1=O. The molecule has 0 bridgehead atoms. The maximum Gasteiger partial charge on any atom is 0.225 e. The van der Waals surface area contributed by atoms with Crippen LogP contribution >= 0.6 is 0 Å². The molecule has 1 unspecified atom stereocenters. The zero-order chi connectivity index (χ0) is 13.1. The molecule has 0 aliphatic carbocycles. The topological polar surface area (TPSA) is 44.1 Å². The smallest absolute Gasteiger partial charge is 0.225 e. The van der Waals surface area contributed by atoms with Crippen molar-refractivity contribution >= 4 is 5.91 Å². The third kappa shape index (κ3) is 2.35. The Bertz CT molecular complexity index is 507. The van der Waals surface area contributed by atoms with E-state index in [1.165, 1.54) is 6.07 Å². The van der Waals surface area contributed by atoms with Crippen molar-refractivity contribution in [3.63, 3.8) is 0 Å². The number of carbonyl (C=O) groups is 1. The van der Waals surface area contributed by atoms with Gasteiger partial charge in [-0.15, -0.1) is 0 Å². The van der Waals surface area contributed by atoms with Crippen LogP contribution in [0.15, 0.2) is 18.2 Å². The summed E-state index contributed by atoms with van der Waals surface area (Å²) in [5.74, 6) is -0.421. The summed E-state index contributed by atoms with van der Waals surface area (Å²) in [4.78, 5) is 13.6. The van der Waals surface area contributed by atoms with E-state index in [9.17, 15) is 9.18 Å². The third-order valence-electron chi connectivity index (χ3n) is 3.36. The molecule has 0 spiro atoms. The van der Waals surface area contributed by atoms with Gasteiger partial charge in [0.25, 0.3) is 0 Å². The Balaban J connectivity index is 2.19. The lowest BCUT2D eigenvalue weighted by Crippen LogP contribution is -2.39. The summed E-state index contributed by atoms with van der Waals surface area (Å²) in [6.07, 6.45) is 1.85. The van der Waals surface area contributed by atoms with E-state index >= 15 is 0 Å². The van der Waals surface area contributed by atoms with Gasteiger partial charge in [-0.25, -0.2) is 4.39 Å². The Kier molecular flexibility index (Phi) is 3.61. The van der Waals surface area contributed by atoms with Gasteiger partial charge in [0, 0.05) is 24.6 Å². The molecule has 3 nitrogen and oxygen atoms in total. The van der Waals surface area contributed by atoms with E-state index in [0.29, 0.717) is 12.1 Å². The molecule has 1 heterocycles. The van der Waals surface area contributed by atoms with E-state index in [4.69, 9.17) is 5.26 Å². The third-order valence-corrected chi connectivity index (χ3v) is 3.36. The van der Waals surface area contributed by atoms with Gasteiger partial charge in [-0.3, -0.25) is 4.79 Å². The molecule has 0 saturated carbocycles. The fourth-order valence-corrected chi connectivity index (χ4v) is 2.28. The van der Waals surface area contributed by atoms with Crippen LogP contribution in [0.4, 0.5) is 4.39 Å². The van der Waals surface area contributed by atoms with Gasteiger partial charge in [-0.1, -0.05) is 19.1 Å². The number of carbonyl (C=O) groups excluding carboxylic acids is 1. The average Bonchev–Trinajstić information content (AvgIpc) is 2.37. The van der Waals surface area contributed by atoms with Gasteiger partial charge in [-0.05, 0) is 18.9 Å². The van der Waals surface area contributed by atoms with E-state index in [-0.39, 0.29) is 23.9 Å². The summed E-state index contributed by atoms with van der Waals surface area (Å²) in [6, 6.07) is 6.53. The van der Waals surface area contributed by atoms with Crippen LogP contribution in [-0.2, 0) is 11.3 Å². The number of nitriles is 1. The second-order valence-electron chi connectivity index (χ2n) is 4.69. The standard InChI is InChI=1S/C14H15FN2O/c1-10-4-3-7-17(14(10)18)9-12-6-2-5-11(8-16)13(12)15/h2,5-6,10H,3-4,7,9H2,1H3. The van der Waals surface area contributed by atoms with Crippen LogP contribution in [-0.4, -0.2) is 17.4 Å². The van der Waals surface area contributed by atoms with Gasteiger partial charge in [0.1, 0.15) is 11.9 Å². The highest BCUT2D eigenvalue weighted by atomic mass is 19.1. The highest BCUT2D eigenvalue weighted by Crippen LogP contribution is 2.21. The van der Waals surface area contributed by atoms with Gasteiger partial charge >= 0.3 is 0 Å². The number of piperidine rings is 1. The van der Waals surface area contributed by atoms with Crippen molar-refractivity contribution in [2.75, 3.05) is 6.54 Å². The Hall–Kier alpha value is -1.89. The van der Waals surface area contributed by atoms with Crippen molar-refractivity contribution in [3.8, 4) is 6.07 Å². The lowest BCUT2D eigenvalue weighted by atomic mass is 9.98. The summed E-state index contributed by atoms with van der Waals surface area (Å²) in [5, 5.41) is 8.77. The molecule has 18 heavy (non-hydrogen) atoms. The largest absolute Gasteiger partial charge is 0.338 e. The Morgan fingerprint density at radius 3 is 3.06 bits per heavy atom. The summed E-state index contributed by atoms with van der Waals surface area (Å²) < 4.78 is 13.9. The van der Waals surface area contributed by atoms with Crippen molar-refractivity contribution in [1.82, 2.24) is 4.90 Å². The van der Waals surface area contributed by atoms with Gasteiger partial charge in [0.15, 0.2) is 0 Å². The van der Waals surface area contributed by atoms with E-state index in [1.54, 1.807) is 17.0 Å². The maximum atomic E-state index is 13.9. The lowest BCUT2D eigenvalue weighted by molar-refractivity contribution is -0.138. The minimum absolute atomic E-state index is 0.0148. The molecule has 1 fully saturated rings. The van der Waals surface area contributed by atoms with Crippen LogP contribution in [0, 0.1) is 23.1 Å². The fourth-order valence-electron chi connectivity index (χ4n) is 2.28. The predicted molar refractivity (Wildman–Crippen MR) is 64.9 cm³/mol. The molecule has 0 aromatic heterocycles. The molecule has 94 valence electrons. The van der Waals surface area contributed by atoms with Gasteiger partial charge < -0.3 is 4.90 Å². The van der Waals surface area contributed by atoms with E-state index < -0.39 is 5.82 Å². The van der Waals surface area contributed by atoms with Gasteiger partial charge in [0.2, 0.25) is 5.91 Å². The predicted octanol–water partition coefficient (Wildman–Crippen LogP) is 2.46. The number of rotatable bonds is 2. The van der Waals surface area contributed by atoms with Crippen LogP contribution in [0.3, 0.4) is 0 Å². The Morgan fingerprint density at radius 2 is 2.33 bits per heavy atom. The zero-order valence-electron chi connectivity index (χ0n) is 10.3. The molecule has 1 atom stereocenters. The molecular formula is C14H15FN2O. The first-order valence-corrected chi connectivity index (χ1v) is 6.09. The Labute approximate surface area is 106 Å². The minimum atomic E-state index is -0.508. The Morgan fingerprint density at radius 1 is 1.56 bits per heavy atom. The van der Waals surface area contributed by atoms with Crippen molar-refractivity contribution in [2.24, 2.45) is 5.92 Å². The van der Waals surface area contributed by atoms with Crippen molar-refractivity contribution < 1.29 is 9.18 Å². The lowest BCUT2D eigenvalue weighted by Gasteiger charge is -2.30. The second kappa shape index (κ2) is 5.18. The fraction of sp³-hybridized carbons (Fsp3) is 0.429. The molecular weight excluding hydrogens is 231 g/mol. The molecule has 2 rings (SSSR count). The molecule has 1 amide bonds. The first-order chi connectivity index (χ1) is 8.63. The van der Waals surface area contributed by atoms with Crippen molar-refractivity contribution in [1.29, 1.82) is 5.26 Å². The van der Waals surface area contributed by atoms with Gasteiger partial charge in [0.05, 0.1) is 5.56 Å². The molecule has 0 N–H and O–H groups in total. The quantitative estimate of drug-likeness (QED) is 0.804. The average molecular weight is 246 g/mol. The normalized spacial score (nSPS) is 19.7. The van der Waals surface area contributed by atoms with Gasteiger partial charge in [-0.2, -0.15) is 5.26 Å². The van der Waals surface area contributed by atoms with E-state index in [2.05, 4.69) is 0 Å². The van der Waals surface area contributed by atoms with Crippen LogP contribution < -0.4 is 0 Å². The van der Waals surface area contributed by atoms with E-state index in [1.807, 2.05) is 13.0 Å². The molecule has 1 aromatic carbocycles. The highest BCUT2D eigenvalue weighted by molar-refractivity contribution is 5.79. The molecule has 4 heteroatoms. The van der Waals surface area contributed by atoms with Crippen LogP contribution in [0.5, 0.6) is 0 Å². The second-order valence-corrected chi connectivity index (χ2v) is 4.69. The van der Waals surface area contributed by atoms with Crippen molar-refractivity contribution in [3.05, 3.63) is 35.1 Å². The van der Waals surface area contributed by atoms with Crippen LogP contribution in [0.1, 0.15) is 30.9 Å². The monoisotopic (exact) mass is 246 g/mol. The number of benzene rings is 1. The van der Waals surface area contributed by atoms with Crippen LogP contribution in [0.2, 0.25) is 0 Å². The number of hydrogen-bond acceptors (Lipinski definition) is 2. The number of amides is 1. The van der Waals surface area contributed by atoms with E-state index in [0.717, 1.165) is 12.8 Å². The first kappa shape index (κ1) is 12.6. The molecule has 1 aliphatic heterocycles. The van der Waals surface area contributed by atoms with Crippen LogP contribution in [0.25, 0.3) is 0 Å². The number of hydrogen-bond donors (Lipinski definition) is 0. The van der Waals surface area contributed by atoms with Crippen molar-refractivity contribution in [2.45, 2.75) is 26.3 Å². The number of likely N-dealkylation sites (tertiary alicyclic amines) is 1. The minimum Gasteiger partial charge on any atom is -0.338 e. The summed E-state index contributed by atoms with van der Waals surface area (Å²) in [5.41, 5.74) is 0.446.